The number of nitrogens with zero attached hydrogens (tertiary/aromatic N) is 1. The minimum absolute atomic E-state index is 0.00123. The van der Waals surface area contributed by atoms with Crippen LogP contribution in [-0.2, 0) is 0 Å². The smallest absolute Gasteiger partial charge is 0.336 e. The molecule has 0 aliphatic heterocycles. The molecule has 20 heavy (non-hydrogen) atoms. The van der Waals surface area contributed by atoms with E-state index in [1.165, 1.54) is 18.2 Å². The van der Waals surface area contributed by atoms with E-state index in [4.69, 9.17) is 5.11 Å². The first-order chi connectivity index (χ1) is 9.58. The van der Waals surface area contributed by atoms with Crippen LogP contribution in [0.4, 0.5) is 5.69 Å². The van der Waals surface area contributed by atoms with E-state index in [1.54, 1.807) is 42.5 Å². The van der Waals surface area contributed by atoms with Gasteiger partial charge in [-0.15, -0.1) is 0 Å². The summed E-state index contributed by atoms with van der Waals surface area (Å²) in [5, 5.41) is 19.7. The third-order valence-electron chi connectivity index (χ3n) is 2.73. The van der Waals surface area contributed by atoms with Crippen LogP contribution in [0.15, 0.2) is 48.5 Å². The maximum absolute atomic E-state index is 11.1. The van der Waals surface area contributed by atoms with Crippen molar-refractivity contribution in [3.63, 3.8) is 0 Å². The SMILES string of the molecule is O=C(O)c1ccccc1/C=C/c1cccc([N+](=O)[O-])c1. The Bertz CT molecular complexity index is 692. The number of nitro benzene ring substituents is 1. The molecule has 5 heteroatoms. The number of non-ortho nitro benzene ring substituents is 1. The summed E-state index contributed by atoms with van der Waals surface area (Å²) in [7, 11) is 0. The molecule has 2 aromatic carbocycles. The molecule has 0 heterocycles. The highest BCUT2D eigenvalue weighted by Crippen LogP contribution is 2.17. The van der Waals surface area contributed by atoms with Crippen molar-refractivity contribution >= 4 is 23.8 Å². The standard InChI is InChI=1S/C15H11NO4/c17-15(18)14-7-2-1-5-12(14)9-8-11-4-3-6-13(10-11)16(19)20/h1-10H,(H,17,18)/b9-8+. The average molecular weight is 269 g/mol. The third-order valence-corrected chi connectivity index (χ3v) is 2.73. The Morgan fingerprint density at radius 3 is 2.55 bits per heavy atom. The van der Waals surface area contributed by atoms with Gasteiger partial charge in [0.25, 0.3) is 5.69 Å². The molecule has 0 saturated heterocycles. The number of rotatable bonds is 4. The summed E-state index contributed by atoms with van der Waals surface area (Å²) in [6.45, 7) is 0. The van der Waals surface area contributed by atoms with Gasteiger partial charge in [-0.05, 0) is 17.2 Å². The van der Waals surface area contributed by atoms with Gasteiger partial charge in [0.1, 0.15) is 0 Å². The molecule has 0 aliphatic rings. The van der Waals surface area contributed by atoms with Crippen LogP contribution in [0.5, 0.6) is 0 Å². The Morgan fingerprint density at radius 1 is 1.10 bits per heavy atom. The van der Waals surface area contributed by atoms with Crippen LogP contribution in [0, 0.1) is 10.1 Å². The fourth-order valence-corrected chi connectivity index (χ4v) is 1.77. The summed E-state index contributed by atoms with van der Waals surface area (Å²) < 4.78 is 0. The van der Waals surface area contributed by atoms with E-state index in [2.05, 4.69) is 0 Å². The molecule has 0 spiro atoms. The van der Waals surface area contributed by atoms with Crippen LogP contribution in [0.25, 0.3) is 12.2 Å². The molecule has 1 N–H and O–H groups in total. The van der Waals surface area contributed by atoms with Crippen molar-refractivity contribution in [2.75, 3.05) is 0 Å². The number of nitro groups is 1. The van der Waals surface area contributed by atoms with Crippen LogP contribution < -0.4 is 0 Å². The number of carbonyl (C=O) groups is 1. The van der Waals surface area contributed by atoms with E-state index < -0.39 is 10.9 Å². The summed E-state index contributed by atoms with van der Waals surface area (Å²) in [6.07, 6.45) is 3.28. The van der Waals surface area contributed by atoms with Gasteiger partial charge in [-0.1, -0.05) is 42.5 Å². The zero-order valence-electron chi connectivity index (χ0n) is 10.4. The van der Waals surface area contributed by atoms with Crippen molar-refractivity contribution < 1.29 is 14.8 Å². The second-order valence-electron chi connectivity index (χ2n) is 4.08. The molecular formula is C15H11NO4. The van der Waals surface area contributed by atoms with Crippen molar-refractivity contribution in [2.24, 2.45) is 0 Å². The van der Waals surface area contributed by atoms with E-state index in [-0.39, 0.29) is 11.3 Å². The lowest BCUT2D eigenvalue weighted by atomic mass is 10.1. The van der Waals surface area contributed by atoms with E-state index in [1.807, 2.05) is 0 Å². The Hall–Kier alpha value is -2.95. The molecule has 100 valence electrons. The first-order valence-corrected chi connectivity index (χ1v) is 5.83. The monoisotopic (exact) mass is 269 g/mol. The highest BCUT2D eigenvalue weighted by atomic mass is 16.6. The molecule has 0 fully saturated rings. The largest absolute Gasteiger partial charge is 0.478 e. The van der Waals surface area contributed by atoms with Gasteiger partial charge >= 0.3 is 5.97 Å². The van der Waals surface area contributed by atoms with Crippen LogP contribution in [0.2, 0.25) is 0 Å². The summed E-state index contributed by atoms with van der Waals surface area (Å²) in [5.74, 6) is -1.01. The summed E-state index contributed by atoms with van der Waals surface area (Å²) in [5.41, 5.74) is 1.37. The zero-order valence-corrected chi connectivity index (χ0v) is 10.4. The molecule has 5 nitrogen and oxygen atoms in total. The highest BCUT2D eigenvalue weighted by Gasteiger charge is 2.07. The maximum atomic E-state index is 11.1. The van der Waals surface area contributed by atoms with Gasteiger partial charge in [-0.25, -0.2) is 4.79 Å². The lowest BCUT2D eigenvalue weighted by molar-refractivity contribution is -0.384. The van der Waals surface area contributed by atoms with Crippen LogP contribution in [-0.4, -0.2) is 16.0 Å². The Morgan fingerprint density at radius 2 is 1.85 bits per heavy atom. The van der Waals surface area contributed by atoms with Crippen LogP contribution in [0.3, 0.4) is 0 Å². The van der Waals surface area contributed by atoms with Gasteiger partial charge in [-0.2, -0.15) is 0 Å². The average Bonchev–Trinajstić information content (AvgIpc) is 2.45. The highest BCUT2D eigenvalue weighted by molar-refractivity contribution is 5.93. The van der Waals surface area contributed by atoms with Crippen LogP contribution in [0.1, 0.15) is 21.5 Å². The third kappa shape index (κ3) is 3.08. The van der Waals surface area contributed by atoms with E-state index in [0.717, 1.165) is 0 Å². The van der Waals surface area contributed by atoms with Gasteiger partial charge in [-0.3, -0.25) is 10.1 Å². The molecule has 0 radical (unpaired) electrons. The molecule has 0 unspecified atom stereocenters. The van der Waals surface area contributed by atoms with Crippen molar-refractivity contribution in [1.29, 1.82) is 0 Å². The molecule has 2 rings (SSSR count). The first-order valence-electron chi connectivity index (χ1n) is 5.83. The van der Waals surface area contributed by atoms with Crippen molar-refractivity contribution in [2.45, 2.75) is 0 Å². The molecule has 0 aliphatic carbocycles. The topological polar surface area (TPSA) is 80.4 Å². The van der Waals surface area contributed by atoms with Gasteiger partial charge in [0.05, 0.1) is 10.5 Å². The Balaban J connectivity index is 2.32. The Labute approximate surface area is 115 Å². The number of carboxylic acid groups (broad SMARTS) is 1. The number of carboxylic acids is 1. The molecular weight excluding hydrogens is 258 g/mol. The molecule has 0 saturated carbocycles. The van der Waals surface area contributed by atoms with Crippen molar-refractivity contribution in [3.8, 4) is 0 Å². The van der Waals surface area contributed by atoms with Crippen molar-refractivity contribution in [1.82, 2.24) is 0 Å². The quantitative estimate of drug-likeness (QED) is 0.523. The number of aromatic carboxylic acids is 1. The number of hydrogen-bond acceptors (Lipinski definition) is 3. The molecule has 0 aromatic heterocycles. The minimum Gasteiger partial charge on any atom is -0.478 e. The van der Waals surface area contributed by atoms with E-state index in [0.29, 0.717) is 11.1 Å². The molecule has 0 atom stereocenters. The minimum atomic E-state index is -1.01. The van der Waals surface area contributed by atoms with E-state index >= 15 is 0 Å². The fourth-order valence-electron chi connectivity index (χ4n) is 1.77. The second-order valence-corrected chi connectivity index (χ2v) is 4.08. The predicted octanol–water partition coefficient (Wildman–Crippen LogP) is 3.46. The maximum Gasteiger partial charge on any atom is 0.336 e. The lowest BCUT2D eigenvalue weighted by Crippen LogP contribution is -1.98. The number of benzene rings is 2. The molecule has 0 bridgehead atoms. The summed E-state index contributed by atoms with van der Waals surface area (Å²) >= 11 is 0. The van der Waals surface area contributed by atoms with E-state index in [9.17, 15) is 14.9 Å². The zero-order chi connectivity index (χ0) is 14.5. The van der Waals surface area contributed by atoms with Crippen molar-refractivity contribution in [3.05, 3.63) is 75.3 Å². The van der Waals surface area contributed by atoms with Gasteiger partial charge in [0, 0.05) is 12.1 Å². The van der Waals surface area contributed by atoms with Gasteiger partial charge in [0.15, 0.2) is 0 Å². The fraction of sp³-hybridized carbons (Fsp3) is 0. The summed E-state index contributed by atoms with van der Waals surface area (Å²) in [4.78, 5) is 21.3. The second kappa shape index (κ2) is 5.79. The molecule has 2 aromatic rings. The first kappa shape index (κ1) is 13.5. The lowest BCUT2D eigenvalue weighted by Gasteiger charge is -2.00. The normalized spacial score (nSPS) is 10.6. The summed E-state index contributed by atoms with van der Waals surface area (Å²) in [6, 6.07) is 12.7. The predicted molar refractivity (Wildman–Crippen MR) is 75.4 cm³/mol. The van der Waals surface area contributed by atoms with Gasteiger partial charge < -0.3 is 5.11 Å². The number of hydrogen-bond donors (Lipinski definition) is 1. The van der Waals surface area contributed by atoms with Gasteiger partial charge in [0.2, 0.25) is 0 Å². The Kier molecular flexibility index (Phi) is 3.91. The van der Waals surface area contributed by atoms with Crippen LogP contribution >= 0.6 is 0 Å². The molecule has 0 amide bonds.